The highest BCUT2D eigenvalue weighted by molar-refractivity contribution is 5.51. The third-order valence-electron chi connectivity index (χ3n) is 3.44. The molecule has 6 nitrogen and oxygen atoms in total. The minimum atomic E-state index is 0.105. The number of hydrogen-bond donors (Lipinski definition) is 3. The number of nitrogens with two attached hydrogens (primary N) is 1. The Bertz CT molecular complexity index is 398. The van der Waals surface area contributed by atoms with E-state index >= 15 is 0 Å². The first-order chi connectivity index (χ1) is 8.99. The molecule has 0 radical (unpaired) electrons. The maximum Gasteiger partial charge on any atom is 0.222 e. The van der Waals surface area contributed by atoms with E-state index in [-0.39, 0.29) is 18.6 Å². The first-order valence-electron chi connectivity index (χ1n) is 6.53. The zero-order valence-electron chi connectivity index (χ0n) is 12.1. The summed E-state index contributed by atoms with van der Waals surface area (Å²) in [6.45, 7) is 6.58. The summed E-state index contributed by atoms with van der Waals surface area (Å²) in [6, 6.07) is 0.105. The molecule has 108 valence electrons. The van der Waals surface area contributed by atoms with Crippen LogP contribution >= 0.6 is 0 Å². The Balaban J connectivity index is 2.92. The van der Waals surface area contributed by atoms with Crippen molar-refractivity contribution in [1.82, 2.24) is 9.97 Å². The first-order valence-corrected chi connectivity index (χ1v) is 6.53. The predicted octanol–water partition coefficient (Wildman–Crippen LogP) is 1.52. The van der Waals surface area contributed by atoms with Crippen molar-refractivity contribution < 1.29 is 9.84 Å². The minimum Gasteiger partial charge on any atom is -0.491 e. The molecule has 1 aromatic heterocycles. The molecule has 0 saturated heterocycles. The van der Waals surface area contributed by atoms with Gasteiger partial charge < -0.3 is 20.9 Å². The number of aromatic nitrogens is 2. The Hall–Kier alpha value is -1.56. The number of nitrogens with zero attached hydrogens (tertiary/aromatic N) is 2. The number of nitrogens with one attached hydrogen (secondary N) is 1. The van der Waals surface area contributed by atoms with Gasteiger partial charge in [0.05, 0.1) is 13.3 Å². The van der Waals surface area contributed by atoms with Crippen molar-refractivity contribution in [2.45, 2.75) is 33.2 Å². The van der Waals surface area contributed by atoms with E-state index in [0.29, 0.717) is 29.8 Å². The van der Waals surface area contributed by atoms with Crippen LogP contribution in [0.5, 0.6) is 5.75 Å². The van der Waals surface area contributed by atoms with Crippen LogP contribution in [0.25, 0.3) is 0 Å². The van der Waals surface area contributed by atoms with E-state index in [1.54, 1.807) is 13.3 Å². The molecule has 1 heterocycles. The molecule has 1 rings (SSSR count). The Morgan fingerprint density at radius 3 is 2.63 bits per heavy atom. The molecule has 0 aliphatic rings. The van der Waals surface area contributed by atoms with Gasteiger partial charge in [-0.15, -0.1) is 0 Å². The van der Waals surface area contributed by atoms with Gasteiger partial charge in [0.1, 0.15) is 0 Å². The Labute approximate surface area is 114 Å². The average Bonchev–Trinajstić information content (AvgIpc) is 2.37. The number of methoxy groups -OCH3 is 1. The van der Waals surface area contributed by atoms with E-state index in [9.17, 15) is 5.11 Å². The molecule has 0 aromatic carbocycles. The highest BCUT2D eigenvalue weighted by Crippen LogP contribution is 2.26. The molecule has 4 N–H and O–H groups in total. The smallest absolute Gasteiger partial charge is 0.222 e. The molecule has 0 amide bonds. The van der Waals surface area contributed by atoms with Crippen LogP contribution in [0.4, 0.5) is 11.8 Å². The Kier molecular flexibility index (Phi) is 5.82. The van der Waals surface area contributed by atoms with Gasteiger partial charge in [-0.05, 0) is 18.3 Å². The van der Waals surface area contributed by atoms with Crippen molar-refractivity contribution in [3.05, 3.63) is 6.20 Å². The summed E-state index contributed by atoms with van der Waals surface area (Å²) < 4.78 is 5.21. The lowest BCUT2D eigenvalue weighted by molar-refractivity contribution is 0.248. The van der Waals surface area contributed by atoms with Gasteiger partial charge in [0.15, 0.2) is 11.6 Å². The summed E-state index contributed by atoms with van der Waals surface area (Å²) in [4.78, 5) is 8.05. The topological polar surface area (TPSA) is 93.3 Å². The molecule has 1 aromatic rings. The Morgan fingerprint density at radius 1 is 1.42 bits per heavy atom. The average molecular weight is 268 g/mol. The van der Waals surface area contributed by atoms with Crippen LogP contribution in [0.1, 0.15) is 27.2 Å². The van der Waals surface area contributed by atoms with Gasteiger partial charge in [0, 0.05) is 12.6 Å². The van der Waals surface area contributed by atoms with Crippen LogP contribution in [0.2, 0.25) is 0 Å². The number of aliphatic hydroxyl groups is 1. The monoisotopic (exact) mass is 268 g/mol. The van der Waals surface area contributed by atoms with Gasteiger partial charge in [-0.3, -0.25) is 0 Å². The molecule has 6 heteroatoms. The number of ether oxygens (including phenoxy) is 1. The molecule has 0 aliphatic heterocycles. The van der Waals surface area contributed by atoms with Crippen LogP contribution in [0.3, 0.4) is 0 Å². The maximum atomic E-state index is 9.20. The van der Waals surface area contributed by atoms with Crippen LogP contribution in [0, 0.1) is 11.8 Å². The number of nitrogen functional groups attached to an aromatic ring is 1. The lowest BCUT2D eigenvalue weighted by Crippen LogP contribution is -2.32. The summed E-state index contributed by atoms with van der Waals surface area (Å²) in [7, 11) is 1.56. The quantitative estimate of drug-likeness (QED) is 0.694. The molecular weight excluding hydrogens is 244 g/mol. The van der Waals surface area contributed by atoms with E-state index in [1.165, 1.54) is 0 Å². The zero-order valence-corrected chi connectivity index (χ0v) is 12.1. The van der Waals surface area contributed by atoms with Crippen LogP contribution in [-0.4, -0.2) is 34.8 Å². The molecule has 0 saturated carbocycles. The number of aliphatic hydroxyl groups excluding tert-OH is 1. The summed E-state index contributed by atoms with van der Waals surface area (Å²) in [6.07, 6.45) is 2.19. The van der Waals surface area contributed by atoms with E-state index in [4.69, 9.17) is 10.5 Å². The zero-order chi connectivity index (χ0) is 14.4. The SMILES string of the molecule is COc1cnc(N)nc1N[C@H](CCO)C(C)C(C)C. The minimum absolute atomic E-state index is 0.105. The summed E-state index contributed by atoms with van der Waals surface area (Å²) in [5.41, 5.74) is 5.60. The summed E-state index contributed by atoms with van der Waals surface area (Å²) >= 11 is 0. The second-order valence-electron chi connectivity index (χ2n) is 5.01. The molecule has 19 heavy (non-hydrogen) atoms. The van der Waals surface area contributed by atoms with Crippen LogP contribution < -0.4 is 15.8 Å². The Morgan fingerprint density at radius 2 is 2.11 bits per heavy atom. The number of rotatable bonds is 7. The normalized spacial score (nSPS) is 14.2. The van der Waals surface area contributed by atoms with Crippen LogP contribution in [0.15, 0.2) is 6.20 Å². The van der Waals surface area contributed by atoms with Crippen molar-refractivity contribution in [1.29, 1.82) is 0 Å². The largest absolute Gasteiger partial charge is 0.491 e. The van der Waals surface area contributed by atoms with Gasteiger partial charge in [-0.1, -0.05) is 20.8 Å². The molecule has 0 bridgehead atoms. The fourth-order valence-corrected chi connectivity index (χ4v) is 1.88. The molecule has 0 spiro atoms. The lowest BCUT2D eigenvalue weighted by Gasteiger charge is -2.28. The van der Waals surface area contributed by atoms with Crippen molar-refractivity contribution >= 4 is 11.8 Å². The van der Waals surface area contributed by atoms with Gasteiger partial charge in [-0.2, -0.15) is 4.98 Å². The van der Waals surface area contributed by atoms with Gasteiger partial charge >= 0.3 is 0 Å². The fraction of sp³-hybridized carbons (Fsp3) is 0.692. The second kappa shape index (κ2) is 7.13. The standard InChI is InChI=1S/C13H24N4O2/c1-8(2)9(3)10(5-6-18)16-12-11(19-4)7-15-13(14)17-12/h7-10,18H,5-6H2,1-4H3,(H3,14,15,16,17)/t9?,10-/m1/s1. The second-order valence-corrected chi connectivity index (χ2v) is 5.01. The lowest BCUT2D eigenvalue weighted by atomic mass is 9.88. The van der Waals surface area contributed by atoms with Gasteiger partial charge in [-0.25, -0.2) is 4.98 Å². The van der Waals surface area contributed by atoms with Gasteiger partial charge in [0.25, 0.3) is 0 Å². The summed E-state index contributed by atoms with van der Waals surface area (Å²) in [5, 5.41) is 12.5. The third-order valence-corrected chi connectivity index (χ3v) is 3.44. The maximum absolute atomic E-state index is 9.20. The van der Waals surface area contributed by atoms with E-state index in [1.807, 2.05) is 0 Å². The van der Waals surface area contributed by atoms with Crippen molar-refractivity contribution in [2.75, 3.05) is 24.8 Å². The molecule has 0 fully saturated rings. The third kappa shape index (κ3) is 4.24. The summed E-state index contributed by atoms with van der Waals surface area (Å²) in [5.74, 6) is 2.19. The fourth-order valence-electron chi connectivity index (χ4n) is 1.88. The van der Waals surface area contributed by atoms with Crippen molar-refractivity contribution in [3.8, 4) is 5.75 Å². The molecule has 1 unspecified atom stereocenters. The number of hydrogen-bond acceptors (Lipinski definition) is 6. The molecule has 2 atom stereocenters. The van der Waals surface area contributed by atoms with Gasteiger partial charge in [0.2, 0.25) is 5.95 Å². The number of anilines is 2. The van der Waals surface area contributed by atoms with E-state index < -0.39 is 0 Å². The van der Waals surface area contributed by atoms with Crippen molar-refractivity contribution in [3.63, 3.8) is 0 Å². The van der Waals surface area contributed by atoms with E-state index in [2.05, 4.69) is 36.1 Å². The first kappa shape index (κ1) is 15.5. The predicted molar refractivity (Wildman–Crippen MR) is 76.1 cm³/mol. The van der Waals surface area contributed by atoms with Crippen molar-refractivity contribution in [2.24, 2.45) is 11.8 Å². The highest BCUT2D eigenvalue weighted by Gasteiger charge is 2.21. The molecular formula is C13H24N4O2. The van der Waals surface area contributed by atoms with Crippen LogP contribution in [-0.2, 0) is 0 Å². The highest BCUT2D eigenvalue weighted by atomic mass is 16.5. The molecule has 0 aliphatic carbocycles. The van der Waals surface area contributed by atoms with E-state index in [0.717, 1.165) is 0 Å².